The molecule has 6 nitrogen and oxygen atoms in total. The summed E-state index contributed by atoms with van der Waals surface area (Å²) in [6.45, 7) is 3.16. The van der Waals surface area contributed by atoms with E-state index >= 15 is 0 Å². The molecule has 30 heavy (non-hydrogen) atoms. The summed E-state index contributed by atoms with van der Waals surface area (Å²) in [6.07, 6.45) is 5.94. The van der Waals surface area contributed by atoms with Gasteiger partial charge in [-0.1, -0.05) is 42.3 Å². The highest BCUT2D eigenvalue weighted by molar-refractivity contribution is 7.96. The predicted molar refractivity (Wildman–Crippen MR) is 121 cm³/mol. The standard InChI is InChI=1S/C23H35N3O3S/c1-25(20-10-7-16-29-17-13-20)22(27)12-11-21(23(28)26-14-5-6-15-26)24-30-18-19-8-3-2-4-9-19/h2-4,8-9,20-21,24H,5-7,10-18H2,1H3. The SMILES string of the molecule is CN(C(=O)CCC(NSCc1ccccc1)C(=O)N1CCCC1)C1CCCOCC1. The third-order valence-corrected chi connectivity index (χ3v) is 6.96. The predicted octanol–water partition coefficient (Wildman–Crippen LogP) is 3.22. The molecule has 7 heteroatoms. The topological polar surface area (TPSA) is 61.9 Å². The fourth-order valence-corrected chi connectivity index (χ4v) is 4.97. The highest BCUT2D eigenvalue weighted by Crippen LogP contribution is 2.18. The average molecular weight is 434 g/mol. The van der Waals surface area contributed by atoms with Crippen molar-refractivity contribution in [2.24, 2.45) is 0 Å². The third-order valence-electron chi connectivity index (χ3n) is 6.03. The van der Waals surface area contributed by atoms with Crippen molar-refractivity contribution in [2.75, 3.05) is 33.4 Å². The van der Waals surface area contributed by atoms with Gasteiger partial charge in [0, 0.05) is 51.6 Å². The minimum atomic E-state index is -0.327. The Morgan fingerprint density at radius 1 is 1.17 bits per heavy atom. The van der Waals surface area contributed by atoms with Crippen molar-refractivity contribution in [3.05, 3.63) is 35.9 Å². The van der Waals surface area contributed by atoms with Crippen molar-refractivity contribution in [3.8, 4) is 0 Å². The molecule has 2 unspecified atom stereocenters. The van der Waals surface area contributed by atoms with Crippen molar-refractivity contribution in [3.63, 3.8) is 0 Å². The Bertz CT molecular complexity index is 659. The van der Waals surface area contributed by atoms with E-state index in [1.165, 1.54) is 5.56 Å². The number of ether oxygens (including phenoxy) is 1. The lowest BCUT2D eigenvalue weighted by Crippen LogP contribution is -2.44. The second-order valence-electron chi connectivity index (χ2n) is 8.22. The van der Waals surface area contributed by atoms with E-state index in [0.717, 1.165) is 64.2 Å². The number of carbonyl (C=O) groups is 2. The van der Waals surface area contributed by atoms with Crippen molar-refractivity contribution < 1.29 is 14.3 Å². The van der Waals surface area contributed by atoms with E-state index in [9.17, 15) is 9.59 Å². The number of carbonyl (C=O) groups excluding carboxylic acids is 2. The molecule has 1 aromatic rings. The number of nitrogens with one attached hydrogen (secondary N) is 1. The number of benzene rings is 1. The van der Waals surface area contributed by atoms with Crippen LogP contribution in [0.3, 0.4) is 0 Å². The van der Waals surface area contributed by atoms with Gasteiger partial charge in [0.05, 0.1) is 6.04 Å². The van der Waals surface area contributed by atoms with Crippen LogP contribution in [0.15, 0.2) is 30.3 Å². The molecule has 0 spiro atoms. The van der Waals surface area contributed by atoms with Crippen molar-refractivity contribution in [1.82, 2.24) is 14.5 Å². The summed E-state index contributed by atoms with van der Waals surface area (Å²) in [5.74, 6) is 1.04. The minimum Gasteiger partial charge on any atom is -0.381 e. The van der Waals surface area contributed by atoms with Crippen LogP contribution in [0.5, 0.6) is 0 Å². The van der Waals surface area contributed by atoms with Gasteiger partial charge in [-0.15, -0.1) is 0 Å². The van der Waals surface area contributed by atoms with Gasteiger partial charge in [0.1, 0.15) is 0 Å². The molecule has 2 aliphatic rings. The number of amides is 2. The lowest BCUT2D eigenvalue weighted by molar-refractivity contribution is -0.134. The summed E-state index contributed by atoms with van der Waals surface area (Å²) >= 11 is 1.55. The van der Waals surface area contributed by atoms with Crippen LogP contribution in [0.1, 0.15) is 50.5 Å². The Hall–Kier alpha value is -1.57. The molecule has 166 valence electrons. The molecule has 2 amide bonds. The number of hydrogen-bond donors (Lipinski definition) is 1. The minimum absolute atomic E-state index is 0.121. The van der Waals surface area contributed by atoms with E-state index in [1.54, 1.807) is 11.9 Å². The molecule has 2 fully saturated rings. The van der Waals surface area contributed by atoms with Gasteiger partial charge in [-0.3, -0.25) is 14.3 Å². The van der Waals surface area contributed by atoms with Crippen LogP contribution in [-0.4, -0.2) is 67.0 Å². The van der Waals surface area contributed by atoms with Gasteiger partial charge >= 0.3 is 0 Å². The summed E-state index contributed by atoms with van der Waals surface area (Å²) in [5.41, 5.74) is 1.22. The van der Waals surface area contributed by atoms with Crippen LogP contribution in [0.2, 0.25) is 0 Å². The molecule has 2 atom stereocenters. The van der Waals surface area contributed by atoms with Crippen LogP contribution in [0.4, 0.5) is 0 Å². The molecule has 0 saturated carbocycles. The highest BCUT2D eigenvalue weighted by atomic mass is 32.2. The Morgan fingerprint density at radius 3 is 2.70 bits per heavy atom. The summed E-state index contributed by atoms with van der Waals surface area (Å²) < 4.78 is 8.88. The van der Waals surface area contributed by atoms with Crippen LogP contribution < -0.4 is 4.72 Å². The van der Waals surface area contributed by atoms with Crippen LogP contribution >= 0.6 is 11.9 Å². The van der Waals surface area contributed by atoms with Gasteiger partial charge in [0.15, 0.2) is 0 Å². The first kappa shape index (κ1) is 23.1. The molecule has 3 rings (SSSR count). The third kappa shape index (κ3) is 7.00. The van der Waals surface area contributed by atoms with E-state index in [1.807, 2.05) is 35.0 Å². The second-order valence-corrected chi connectivity index (χ2v) is 9.03. The molecule has 2 aliphatic heterocycles. The van der Waals surface area contributed by atoms with Gasteiger partial charge in [0.2, 0.25) is 11.8 Å². The highest BCUT2D eigenvalue weighted by Gasteiger charge is 2.28. The first-order valence-electron chi connectivity index (χ1n) is 11.2. The summed E-state index contributed by atoms with van der Waals surface area (Å²) in [4.78, 5) is 29.7. The molecular formula is C23H35N3O3S. The Kier molecular flexibility index (Phi) is 9.49. The maximum Gasteiger partial charge on any atom is 0.240 e. The quantitative estimate of drug-likeness (QED) is 0.606. The number of likely N-dealkylation sites (tertiary alicyclic amines) is 1. The van der Waals surface area contributed by atoms with Crippen molar-refractivity contribution in [1.29, 1.82) is 0 Å². The zero-order valence-electron chi connectivity index (χ0n) is 18.1. The van der Waals surface area contributed by atoms with Gasteiger partial charge in [-0.05, 0) is 44.1 Å². The van der Waals surface area contributed by atoms with Crippen LogP contribution in [0, 0.1) is 0 Å². The normalized spacial score (nSPS) is 20.6. The van der Waals surface area contributed by atoms with Gasteiger partial charge in [0.25, 0.3) is 0 Å². The van der Waals surface area contributed by atoms with Gasteiger partial charge in [-0.25, -0.2) is 0 Å². The maximum absolute atomic E-state index is 13.0. The average Bonchev–Trinajstić information content (AvgIpc) is 3.18. The van der Waals surface area contributed by atoms with E-state index in [0.29, 0.717) is 12.8 Å². The second kappa shape index (κ2) is 12.3. The lowest BCUT2D eigenvalue weighted by atomic mass is 10.1. The molecule has 2 heterocycles. The summed E-state index contributed by atoms with van der Waals surface area (Å²) in [5, 5.41) is 0. The largest absolute Gasteiger partial charge is 0.381 e. The van der Waals surface area contributed by atoms with Crippen LogP contribution in [0.25, 0.3) is 0 Å². The monoisotopic (exact) mass is 433 g/mol. The molecule has 2 saturated heterocycles. The smallest absolute Gasteiger partial charge is 0.240 e. The lowest BCUT2D eigenvalue weighted by Gasteiger charge is -2.28. The van der Waals surface area contributed by atoms with Crippen molar-refractivity contribution in [2.45, 2.75) is 62.8 Å². The zero-order valence-corrected chi connectivity index (χ0v) is 18.9. The Morgan fingerprint density at radius 2 is 1.93 bits per heavy atom. The number of nitrogens with zero attached hydrogens (tertiary/aromatic N) is 2. The van der Waals surface area contributed by atoms with Crippen molar-refractivity contribution >= 4 is 23.8 Å². The fourth-order valence-electron chi connectivity index (χ4n) is 4.11. The fraction of sp³-hybridized carbons (Fsp3) is 0.652. The molecule has 0 bridgehead atoms. The van der Waals surface area contributed by atoms with E-state index in [2.05, 4.69) is 16.9 Å². The Balaban J connectivity index is 1.52. The summed E-state index contributed by atoms with van der Waals surface area (Å²) in [6, 6.07) is 10.1. The molecule has 1 aromatic carbocycles. The molecular weight excluding hydrogens is 398 g/mol. The van der Waals surface area contributed by atoms with E-state index in [-0.39, 0.29) is 23.9 Å². The molecule has 0 aromatic heterocycles. The summed E-state index contributed by atoms with van der Waals surface area (Å²) in [7, 11) is 1.90. The molecule has 0 radical (unpaired) electrons. The Labute approximate surface area is 184 Å². The van der Waals surface area contributed by atoms with Gasteiger partial charge in [-0.2, -0.15) is 0 Å². The van der Waals surface area contributed by atoms with Crippen LogP contribution in [-0.2, 0) is 20.1 Å². The van der Waals surface area contributed by atoms with E-state index < -0.39 is 0 Å². The maximum atomic E-state index is 13.0. The zero-order chi connectivity index (χ0) is 21.2. The van der Waals surface area contributed by atoms with Gasteiger partial charge < -0.3 is 14.5 Å². The first-order valence-corrected chi connectivity index (χ1v) is 12.2. The first-order chi connectivity index (χ1) is 14.6. The molecule has 1 N–H and O–H groups in total. The molecule has 0 aliphatic carbocycles. The van der Waals surface area contributed by atoms with E-state index in [4.69, 9.17) is 4.74 Å². The number of hydrogen-bond acceptors (Lipinski definition) is 5. The number of rotatable bonds is 9.